The van der Waals surface area contributed by atoms with Crippen LogP contribution in [0.1, 0.15) is 11.7 Å². The van der Waals surface area contributed by atoms with Gasteiger partial charge in [0.2, 0.25) is 5.95 Å². The van der Waals surface area contributed by atoms with E-state index in [4.69, 9.17) is 36.5 Å². The van der Waals surface area contributed by atoms with Crippen molar-refractivity contribution in [3.05, 3.63) is 47.0 Å². The molecule has 0 saturated carbocycles. The molecule has 0 radical (unpaired) electrons. The molecule has 1 aliphatic heterocycles. The number of halogens is 1. The molecule has 3 aromatic rings. The molecule has 0 bridgehead atoms. The second-order valence-corrected chi connectivity index (χ2v) is 6.93. The number of aromatic nitrogens is 2. The number of hydrogen-bond acceptors (Lipinski definition) is 7. The van der Waals surface area contributed by atoms with Gasteiger partial charge in [-0.25, -0.2) is 4.98 Å². The molecule has 1 saturated heterocycles. The van der Waals surface area contributed by atoms with E-state index in [2.05, 4.69) is 9.88 Å². The van der Waals surface area contributed by atoms with Crippen LogP contribution in [0.5, 0.6) is 11.5 Å². The Balaban J connectivity index is 1.67. The number of hydrogen-bond donors (Lipinski definition) is 1. The summed E-state index contributed by atoms with van der Waals surface area (Å²) in [7, 11) is 3.17. The Bertz CT molecular complexity index is 997. The molecule has 1 aromatic heterocycles. The maximum Gasteiger partial charge on any atom is 0.228 e. The molecule has 146 valence electrons. The van der Waals surface area contributed by atoms with Gasteiger partial charge in [0, 0.05) is 23.0 Å². The van der Waals surface area contributed by atoms with E-state index in [0.717, 1.165) is 10.9 Å². The van der Waals surface area contributed by atoms with Gasteiger partial charge in [-0.15, -0.1) is 0 Å². The Kier molecular flexibility index (Phi) is 5.11. The Morgan fingerprint density at radius 3 is 2.54 bits per heavy atom. The number of nitrogens with zero attached hydrogens (tertiary/aromatic N) is 3. The lowest BCUT2D eigenvalue weighted by Gasteiger charge is -2.33. The number of morpholine rings is 1. The van der Waals surface area contributed by atoms with E-state index in [1.165, 1.54) is 0 Å². The first-order valence-electron chi connectivity index (χ1n) is 8.90. The van der Waals surface area contributed by atoms with E-state index >= 15 is 0 Å². The van der Waals surface area contributed by atoms with Crippen molar-refractivity contribution < 1.29 is 14.2 Å². The van der Waals surface area contributed by atoms with Crippen LogP contribution in [0.25, 0.3) is 10.9 Å². The Hall–Kier alpha value is -2.77. The summed E-state index contributed by atoms with van der Waals surface area (Å²) < 4.78 is 16.7. The van der Waals surface area contributed by atoms with Gasteiger partial charge in [-0.1, -0.05) is 23.7 Å². The molecular formula is C20H21ClN4O3. The van der Waals surface area contributed by atoms with Crippen molar-refractivity contribution in [1.82, 2.24) is 9.97 Å². The summed E-state index contributed by atoms with van der Waals surface area (Å²) in [6.45, 7) is 1.88. The van der Waals surface area contributed by atoms with Gasteiger partial charge >= 0.3 is 0 Å². The van der Waals surface area contributed by atoms with Crippen LogP contribution in [0.2, 0.25) is 5.02 Å². The molecule has 2 N–H and O–H groups in total. The number of methoxy groups -OCH3 is 2. The third-order valence-corrected chi connectivity index (χ3v) is 5.06. The van der Waals surface area contributed by atoms with Crippen molar-refractivity contribution in [3.63, 3.8) is 0 Å². The normalized spacial score (nSPS) is 17.0. The number of rotatable bonds is 4. The largest absolute Gasteiger partial charge is 0.493 e. The average molecular weight is 401 g/mol. The van der Waals surface area contributed by atoms with E-state index in [9.17, 15) is 0 Å². The van der Waals surface area contributed by atoms with Crippen LogP contribution in [-0.4, -0.2) is 43.9 Å². The van der Waals surface area contributed by atoms with Gasteiger partial charge in [0.05, 0.1) is 32.9 Å². The van der Waals surface area contributed by atoms with Crippen LogP contribution in [-0.2, 0) is 4.74 Å². The molecule has 0 spiro atoms. The standard InChI is InChI=1S/C20H21ClN4O3/c1-26-16-9-14-15(10-17(16)27-2)23-20(24-19(14)22)25-7-8-28-18(11-25)12-3-5-13(21)6-4-12/h3-6,9-10,18H,7-8,11H2,1-2H3,(H2,22,23,24). The van der Waals surface area contributed by atoms with Crippen molar-refractivity contribution in [2.45, 2.75) is 6.10 Å². The van der Waals surface area contributed by atoms with Crippen LogP contribution in [0.4, 0.5) is 11.8 Å². The molecule has 7 nitrogen and oxygen atoms in total. The third-order valence-electron chi connectivity index (χ3n) is 4.81. The molecule has 2 heterocycles. The van der Waals surface area contributed by atoms with E-state index in [0.29, 0.717) is 53.5 Å². The van der Waals surface area contributed by atoms with Crippen LogP contribution in [0.15, 0.2) is 36.4 Å². The van der Waals surface area contributed by atoms with Gasteiger partial charge in [-0.3, -0.25) is 0 Å². The molecule has 0 amide bonds. The minimum Gasteiger partial charge on any atom is -0.493 e. The summed E-state index contributed by atoms with van der Waals surface area (Å²) in [5, 5.41) is 1.43. The van der Waals surface area contributed by atoms with Gasteiger partial charge in [-0.2, -0.15) is 4.98 Å². The van der Waals surface area contributed by atoms with Crippen molar-refractivity contribution >= 4 is 34.3 Å². The molecular weight excluding hydrogens is 380 g/mol. The van der Waals surface area contributed by atoms with Crippen LogP contribution in [0, 0.1) is 0 Å². The third kappa shape index (κ3) is 3.50. The monoisotopic (exact) mass is 400 g/mol. The summed E-state index contributed by atoms with van der Waals surface area (Å²) in [6.07, 6.45) is -0.0862. The van der Waals surface area contributed by atoms with Crippen molar-refractivity contribution in [1.29, 1.82) is 0 Å². The predicted octanol–water partition coefficient (Wildman–Crippen LogP) is 3.46. The second kappa shape index (κ2) is 7.69. The summed E-state index contributed by atoms with van der Waals surface area (Å²) in [5.41, 5.74) is 7.99. The number of nitrogen functional groups attached to an aromatic ring is 1. The average Bonchev–Trinajstić information content (AvgIpc) is 2.73. The maximum atomic E-state index is 6.22. The van der Waals surface area contributed by atoms with Gasteiger partial charge in [-0.05, 0) is 23.8 Å². The highest BCUT2D eigenvalue weighted by atomic mass is 35.5. The second-order valence-electron chi connectivity index (χ2n) is 6.49. The van der Waals surface area contributed by atoms with E-state index < -0.39 is 0 Å². The SMILES string of the molecule is COc1cc2nc(N3CCOC(c4ccc(Cl)cc4)C3)nc(N)c2cc1OC. The fourth-order valence-electron chi connectivity index (χ4n) is 3.32. The Labute approximate surface area is 168 Å². The van der Waals surface area contributed by atoms with E-state index in [1.54, 1.807) is 20.3 Å². The summed E-state index contributed by atoms with van der Waals surface area (Å²) in [4.78, 5) is 11.3. The van der Waals surface area contributed by atoms with Crippen molar-refractivity contribution in [2.75, 3.05) is 44.5 Å². The molecule has 2 aromatic carbocycles. The van der Waals surface area contributed by atoms with Crippen LogP contribution < -0.4 is 20.1 Å². The summed E-state index contributed by atoms with van der Waals surface area (Å²) in [5.74, 6) is 2.15. The van der Waals surface area contributed by atoms with Crippen molar-refractivity contribution in [2.24, 2.45) is 0 Å². The molecule has 28 heavy (non-hydrogen) atoms. The topological polar surface area (TPSA) is 82.7 Å². The van der Waals surface area contributed by atoms with Gasteiger partial charge < -0.3 is 24.8 Å². The highest BCUT2D eigenvalue weighted by molar-refractivity contribution is 6.30. The fourth-order valence-corrected chi connectivity index (χ4v) is 3.44. The van der Waals surface area contributed by atoms with Gasteiger partial charge in [0.15, 0.2) is 11.5 Å². The minimum atomic E-state index is -0.0862. The van der Waals surface area contributed by atoms with Gasteiger partial charge in [0.25, 0.3) is 0 Å². The number of benzene rings is 2. The highest BCUT2D eigenvalue weighted by Gasteiger charge is 2.25. The zero-order valence-corrected chi connectivity index (χ0v) is 16.4. The van der Waals surface area contributed by atoms with E-state index in [1.807, 2.05) is 30.3 Å². The maximum absolute atomic E-state index is 6.22. The lowest BCUT2D eigenvalue weighted by atomic mass is 10.1. The molecule has 4 rings (SSSR count). The first-order valence-corrected chi connectivity index (χ1v) is 9.28. The molecule has 1 unspecified atom stereocenters. The Morgan fingerprint density at radius 1 is 1.11 bits per heavy atom. The van der Waals surface area contributed by atoms with Crippen LogP contribution in [0.3, 0.4) is 0 Å². The van der Waals surface area contributed by atoms with Crippen molar-refractivity contribution in [3.8, 4) is 11.5 Å². The fraction of sp³-hybridized carbons (Fsp3) is 0.300. The summed E-state index contributed by atoms with van der Waals surface area (Å²) in [6, 6.07) is 11.3. The highest BCUT2D eigenvalue weighted by Crippen LogP contribution is 2.34. The zero-order valence-electron chi connectivity index (χ0n) is 15.7. The molecule has 8 heteroatoms. The zero-order chi connectivity index (χ0) is 19.7. The van der Waals surface area contributed by atoms with Gasteiger partial charge in [0.1, 0.15) is 11.9 Å². The number of nitrogens with two attached hydrogens (primary N) is 1. The van der Waals surface area contributed by atoms with Crippen LogP contribution >= 0.6 is 11.6 Å². The number of anilines is 2. The first-order chi connectivity index (χ1) is 13.6. The molecule has 1 fully saturated rings. The molecule has 1 aliphatic rings. The smallest absolute Gasteiger partial charge is 0.228 e. The Morgan fingerprint density at radius 2 is 1.82 bits per heavy atom. The molecule has 1 atom stereocenters. The molecule has 0 aliphatic carbocycles. The predicted molar refractivity (Wildman–Crippen MR) is 109 cm³/mol. The lowest BCUT2D eigenvalue weighted by Crippen LogP contribution is -2.39. The summed E-state index contributed by atoms with van der Waals surface area (Å²) >= 11 is 5.99. The number of fused-ring (bicyclic) bond motifs is 1. The lowest BCUT2D eigenvalue weighted by molar-refractivity contribution is 0.0392. The van der Waals surface area contributed by atoms with E-state index in [-0.39, 0.29) is 6.10 Å². The number of ether oxygens (including phenoxy) is 3. The quantitative estimate of drug-likeness (QED) is 0.718. The minimum absolute atomic E-state index is 0.0862. The first kappa shape index (κ1) is 18.6.